The first-order valence-corrected chi connectivity index (χ1v) is 5.18. The lowest BCUT2D eigenvalue weighted by molar-refractivity contribution is -0.142. The summed E-state index contributed by atoms with van der Waals surface area (Å²) in [7, 11) is 1.38. The van der Waals surface area contributed by atoms with E-state index >= 15 is 0 Å². The van der Waals surface area contributed by atoms with Gasteiger partial charge in [-0.2, -0.15) is 0 Å². The first-order valence-electron chi connectivity index (χ1n) is 5.18. The minimum absolute atomic E-state index is 0.119. The van der Waals surface area contributed by atoms with Crippen LogP contribution in [0.15, 0.2) is 12.4 Å². The molecule has 0 saturated carbocycles. The molecule has 5 nitrogen and oxygen atoms in total. The number of aryl methyl sites for hydroxylation is 1. The maximum Gasteiger partial charge on any atom is 0.328 e. The van der Waals surface area contributed by atoms with E-state index in [1.807, 2.05) is 20.8 Å². The molecule has 1 heterocycles. The Morgan fingerprint density at radius 2 is 2.00 bits per heavy atom. The van der Waals surface area contributed by atoms with Crippen LogP contribution in [0.2, 0.25) is 0 Å². The van der Waals surface area contributed by atoms with Gasteiger partial charge < -0.3 is 10.1 Å². The third kappa shape index (κ3) is 2.92. The van der Waals surface area contributed by atoms with Gasteiger partial charge in [0.25, 0.3) is 0 Å². The third-order valence-corrected chi connectivity index (χ3v) is 2.30. The third-order valence-electron chi connectivity index (χ3n) is 2.30. The summed E-state index contributed by atoms with van der Waals surface area (Å²) in [5.74, 6) is 0.445. The number of rotatable bonds is 4. The topological polar surface area (TPSA) is 64.1 Å². The fraction of sp³-hybridized carbons (Fsp3) is 0.545. The second-order valence-electron chi connectivity index (χ2n) is 3.88. The number of aromatic nitrogens is 2. The standard InChI is InChI=1S/C11H17N3O2/c1-7(2)9(11(15)16-4)14-10-8(3)12-5-6-13-10/h5-7,9H,1-4H3,(H,13,14). The highest BCUT2D eigenvalue weighted by Gasteiger charge is 2.23. The highest BCUT2D eigenvalue weighted by molar-refractivity contribution is 5.79. The molecule has 0 spiro atoms. The van der Waals surface area contributed by atoms with Gasteiger partial charge in [0.15, 0.2) is 0 Å². The van der Waals surface area contributed by atoms with Crippen molar-refractivity contribution in [2.24, 2.45) is 5.92 Å². The lowest BCUT2D eigenvalue weighted by Crippen LogP contribution is -2.36. The molecule has 0 aliphatic heterocycles. The van der Waals surface area contributed by atoms with Crippen molar-refractivity contribution in [3.8, 4) is 0 Å². The fourth-order valence-electron chi connectivity index (χ4n) is 1.32. The molecule has 0 aliphatic rings. The van der Waals surface area contributed by atoms with Gasteiger partial charge in [-0.1, -0.05) is 13.8 Å². The lowest BCUT2D eigenvalue weighted by Gasteiger charge is -2.20. The quantitative estimate of drug-likeness (QED) is 0.781. The second kappa shape index (κ2) is 5.44. The van der Waals surface area contributed by atoms with Crippen molar-refractivity contribution in [3.05, 3.63) is 18.1 Å². The molecule has 88 valence electrons. The van der Waals surface area contributed by atoms with E-state index in [0.29, 0.717) is 5.82 Å². The van der Waals surface area contributed by atoms with Crippen LogP contribution in [0.1, 0.15) is 19.5 Å². The van der Waals surface area contributed by atoms with Crippen LogP contribution in [0.25, 0.3) is 0 Å². The number of carbonyl (C=O) groups is 1. The molecule has 1 unspecified atom stereocenters. The molecule has 0 radical (unpaired) electrons. The van der Waals surface area contributed by atoms with E-state index in [0.717, 1.165) is 5.69 Å². The van der Waals surface area contributed by atoms with Gasteiger partial charge in [-0.05, 0) is 12.8 Å². The number of carbonyl (C=O) groups excluding carboxylic acids is 1. The Balaban J connectivity index is 2.84. The summed E-state index contributed by atoms with van der Waals surface area (Å²) in [5.41, 5.74) is 0.761. The van der Waals surface area contributed by atoms with Crippen molar-refractivity contribution in [1.82, 2.24) is 9.97 Å². The van der Waals surface area contributed by atoms with E-state index in [1.54, 1.807) is 12.4 Å². The van der Waals surface area contributed by atoms with Gasteiger partial charge in [-0.25, -0.2) is 9.78 Å². The van der Waals surface area contributed by atoms with Gasteiger partial charge in [0.05, 0.1) is 12.8 Å². The molecule has 1 aromatic heterocycles. The maximum absolute atomic E-state index is 11.5. The molecule has 0 aromatic carbocycles. The first kappa shape index (κ1) is 12.4. The molecular weight excluding hydrogens is 206 g/mol. The van der Waals surface area contributed by atoms with Crippen LogP contribution in [-0.2, 0) is 9.53 Å². The summed E-state index contributed by atoms with van der Waals surface area (Å²) in [6, 6.07) is -0.402. The average Bonchev–Trinajstić information content (AvgIpc) is 2.26. The number of nitrogens with one attached hydrogen (secondary N) is 1. The van der Waals surface area contributed by atoms with E-state index in [1.165, 1.54) is 7.11 Å². The van der Waals surface area contributed by atoms with Crippen LogP contribution >= 0.6 is 0 Å². The zero-order chi connectivity index (χ0) is 12.1. The molecule has 1 rings (SSSR count). The minimum atomic E-state index is -0.402. The van der Waals surface area contributed by atoms with Crippen molar-refractivity contribution in [1.29, 1.82) is 0 Å². The SMILES string of the molecule is COC(=O)C(Nc1nccnc1C)C(C)C. The van der Waals surface area contributed by atoms with Crippen LogP contribution in [0.3, 0.4) is 0 Å². The van der Waals surface area contributed by atoms with E-state index in [4.69, 9.17) is 4.74 Å². The summed E-state index contributed by atoms with van der Waals surface area (Å²) >= 11 is 0. The number of nitrogens with zero attached hydrogens (tertiary/aromatic N) is 2. The summed E-state index contributed by atoms with van der Waals surface area (Å²) < 4.78 is 4.74. The first-order chi connectivity index (χ1) is 7.56. The Bertz CT molecular complexity index is 366. The molecule has 5 heteroatoms. The molecule has 1 N–H and O–H groups in total. The molecule has 0 aliphatic carbocycles. The number of hydrogen-bond donors (Lipinski definition) is 1. The molecule has 0 saturated heterocycles. The monoisotopic (exact) mass is 223 g/mol. The smallest absolute Gasteiger partial charge is 0.328 e. The predicted octanol–water partition coefficient (Wildman–Crippen LogP) is 1.39. The second-order valence-corrected chi connectivity index (χ2v) is 3.88. The fourth-order valence-corrected chi connectivity index (χ4v) is 1.32. The Kier molecular flexibility index (Phi) is 4.22. The average molecular weight is 223 g/mol. The van der Waals surface area contributed by atoms with Gasteiger partial charge in [-0.3, -0.25) is 4.98 Å². The summed E-state index contributed by atoms with van der Waals surface area (Å²) in [6.07, 6.45) is 3.20. The van der Waals surface area contributed by atoms with Gasteiger partial charge in [0, 0.05) is 12.4 Å². The zero-order valence-corrected chi connectivity index (χ0v) is 10.0. The summed E-state index contributed by atoms with van der Waals surface area (Å²) in [4.78, 5) is 19.8. The Morgan fingerprint density at radius 3 is 2.50 bits per heavy atom. The summed E-state index contributed by atoms with van der Waals surface area (Å²) in [5, 5.41) is 3.05. The van der Waals surface area contributed by atoms with Crippen LogP contribution < -0.4 is 5.32 Å². The zero-order valence-electron chi connectivity index (χ0n) is 10.0. The number of anilines is 1. The number of esters is 1. The number of methoxy groups -OCH3 is 1. The van der Waals surface area contributed by atoms with Crippen LogP contribution in [0.5, 0.6) is 0 Å². The number of ether oxygens (including phenoxy) is 1. The number of hydrogen-bond acceptors (Lipinski definition) is 5. The van der Waals surface area contributed by atoms with E-state index in [2.05, 4.69) is 15.3 Å². The van der Waals surface area contributed by atoms with Crippen LogP contribution in [-0.4, -0.2) is 29.1 Å². The highest BCUT2D eigenvalue weighted by atomic mass is 16.5. The lowest BCUT2D eigenvalue weighted by atomic mass is 10.0. The van der Waals surface area contributed by atoms with E-state index < -0.39 is 6.04 Å². The van der Waals surface area contributed by atoms with Crippen molar-refractivity contribution in [2.75, 3.05) is 12.4 Å². The van der Waals surface area contributed by atoms with Crippen LogP contribution in [0.4, 0.5) is 5.82 Å². The molecule has 0 amide bonds. The molecule has 0 fully saturated rings. The molecule has 1 atom stereocenters. The maximum atomic E-state index is 11.5. The van der Waals surface area contributed by atoms with Crippen molar-refractivity contribution in [3.63, 3.8) is 0 Å². The van der Waals surface area contributed by atoms with Gasteiger partial charge in [0.1, 0.15) is 11.9 Å². The largest absolute Gasteiger partial charge is 0.467 e. The van der Waals surface area contributed by atoms with Crippen molar-refractivity contribution in [2.45, 2.75) is 26.8 Å². The molecular formula is C11H17N3O2. The Hall–Kier alpha value is -1.65. The molecule has 16 heavy (non-hydrogen) atoms. The highest BCUT2D eigenvalue weighted by Crippen LogP contribution is 2.13. The van der Waals surface area contributed by atoms with Crippen molar-refractivity contribution < 1.29 is 9.53 Å². The Labute approximate surface area is 95.3 Å². The van der Waals surface area contributed by atoms with E-state index in [-0.39, 0.29) is 11.9 Å². The predicted molar refractivity (Wildman–Crippen MR) is 61.0 cm³/mol. The van der Waals surface area contributed by atoms with Gasteiger partial charge in [-0.15, -0.1) is 0 Å². The normalized spacial score (nSPS) is 12.3. The van der Waals surface area contributed by atoms with E-state index in [9.17, 15) is 4.79 Å². The summed E-state index contributed by atoms with van der Waals surface area (Å²) in [6.45, 7) is 5.73. The van der Waals surface area contributed by atoms with Crippen LogP contribution in [0, 0.1) is 12.8 Å². The van der Waals surface area contributed by atoms with Gasteiger partial charge >= 0.3 is 5.97 Å². The molecule has 1 aromatic rings. The van der Waals surface area contributed by atoms with Gasteiger partial charge in [0.2, 0.25) is 0 Å². The molecule has 0 bridgehead atoms. The minimum Gasteiger partial charge on any atom is -0.467 e. The van der Waals surface area contributed by atoms with Crippen molar-refractivity contribution >= 4 is 11.8 Å². The Morgan fingerprint density at radius 1 is 1.38 bits per heavy atom.